The first-order valence-corrected chi connectivity index (χ1v) is 10.1. The normalized spacial score (nSPS) is 10.9. The Kier molecular flexibility index (Phi) is 5.63. The Morgan fingerprint density at radius 1 is 1.10 bits per heavy atom. The molecule has 9 nitrogen and oxygen atoms in total. The van der Waals surface area contributed by atoms with Gasteiger partial charge < -0.3 is 19.2 Å². The van der Waals surface area contributed by atoms with Crippen molar-refractivity contribution < 1.29 is 18.7 Å². The number of carbonyl (C=O) groups is 1. The summed E-state index contributed by atoms with van der Waals surface area (Å²) in [5, 5.41) is 4.45. The molecule has 0 aliphatic carbocycles. The van der Waals surface area contributed by atoms with E-state index in [1.54, 1.807) is 41.8 Å². The van der Waals surface area contributed by atoms with Crippen molar-refractivity contribution in [3.05, 3.63) is 74.6 Å². The van der Waals surface area contributed by atoms with Gasteiger partial charge >= 0.3 is 5.69 Å². The van der Waals surface area contributed by atoms with Crippen molar-refractivity contribution in [2.75, 3.05) is 19.5 Å². The SMILES string of the molecule is COc1cc(NC(=O)Cn2c(=O)n(Cc3ccco3)c(=O)c3sccc32)cc(OC)c1. The van der Waals surface area contributed by atoms with Crippen LogP contribution in [0, 0.1) is 0 Å². The fourth-order valence-electron chi connectivity index (χ4n) is 3.21. The molecule has 10 heteroatoms. The third-order valence-corrected chi connectivity index (χ3v) is 5.56. The number of amides is 1. The van der Waals surface area contributed by atoms with E-state index in [0.29, 0.717) is 33.2 Å². The molecular weight excluding hydrogens is 422 g/mol. The average Bonchev–Trinajstić information content (AvgIpc) is 3.46. The summed E-state index contributed by atoms with van der Waals surface area (Å²) in [5.74, 6) is 1.06. The molecule has 0 bridgehead atoms. The van der Waals surface area contributed by atoms with Crippen molar-refractivity contribution in [1.29, 1.82) is 0 Å². The molecule has 0 unspecified atom stereocenters. The molecule has 1 aromatic carbocycles. The van der Waals surface area contributed by atoms with Crippen LogP contribution in [0.2, 0.25) is 0 Å². The molecule has 4 rings (SSSR count). The largest absolute Gasteiger partial charge is 0.497 e. The fourth-order valence-corrected chi connectivity index (χ4v) is 4.05. The van der Waals surface area contributed by atoms with Gasteiger partial charge in [0.05, 0.1) is 32.5 Å². The lowest BCUT2D eigenvalue weighted by Gasteiger charge is -2.13. The Balaban J connectivity index is 1.68. The van der Waals surface area contributed by atoms with Crippen LogP contribution in [0.4, 0.5) is 5.69 Å². The topological polar surface area (TPSA) is 105 Å². The van der Waals surface area contributed by atoms with Gasteiger partial charge in [-0.1, -0.05) is 0 Å². The molecule has 0 atom stereocenters. The summed E-state index contributed by atoms with van der Waals surface area (Å²) in [6, 6.07) is 9.97. The summed E-state index contributed by atoms with van der Waals surface area (Å²) in [5.41, 5.74) is -0.139. The van der Waals surface area contributed by atoms with Crippen LogP contribution in [0.25, 0.3) is 10.2 Å². The predicted octanol–water partition coefficient (Wildman–Crippen LogP) is 2.52. The summed E-state index contributed by atoms with van der Waals surface area (Å²) < 4.78 is 18.4. The lowest BCUT2D eigenvalue weighted by atomic mass is 10.2. The summed E-state index contributed by atoms with van der Waals surface area (Å²) in [6.07, 6.45) is 1.47. The van der Waals surface area contributed by atoms with Crippen LogP contribution in [0.1, 0.15) is 5.76 Å². The van der Waals surface area contributed by atoms with Gasteiger partial charge in [-0.25, -0.2) is 4.79 Å². The van der Waals surface area contributed by atoms with Crippen molar-refractivity contribution in [1.82, 2.24) is 9.13 Å². The maximum Gasteiger partial charge on any atom is 0.332 e. The van der Waals surface area contributed by atoms with Crippen molar-refractivity contribution in [2.45, 2.75) is 13.1 Å². The third-order valence-electron chi connectivity index (χ3n) is 4.67. The first-order chi connectivity index (χ1) is 15.0. The minimum absolute atomic E-state index is 0.0206. The molecule has 0 aliphatic rings. The Hall–Kier alpha value is -3.79. The van der Waals surface area contributed by atoms with Crippen molar-refractivity contribution in [3.63, 3.8) is 0 Å². The zero-order chi connectivity index (χ0) is 22.0. The smallest absolute Gasteiger partial charge is 0.332 e. The first-order valence-electron chi connectivity index (χ1n) is 9.26. The van der Waals surface area contributed by atoms with Crippen LogP contribution < -0.4 is 26.0 Å². The molecule has 160 valence electrons. The molecule has 1 N–H and O–H groups in total. The van der Waals surface area contributed by atoms with Gasteiger partial charge in [0, 0.05) is 23.9 Å². The van der Waals surface area contributed by atoms with Crippen molar-refractivity contribution in [3.8, 4) is 11.5 Å². The van der Waals surface area contributed by atoms with Crippen LogP contribution in [0.15, 0.2) is 62.0 Å². The van der Waals surface area contributed by atoms with E-state index in [2.05, 4.69) is 5.32 Å². The Morgan fingerprint density at radius 2 is 1.84 bits per heavy atom. The third kappa shape index (κ3) is 4.10. The molecule has 0 saturated carbocycles. The van der Waals surface area contributed by atoms with Crippen LogP contribution in [0.3, 0.4) is 0 Å². The average molecular weight is 441 g/mol. The highest BCUT2D eigenvalue weighted by Gasteiger charge is 2.17. The van der Waals surface area contributed by atoms with Crippen LogP contribution in [-0.4, -0.2) is 29.3 Å². The van der Waals surface area contributed by atoms with Gasteiger partial charge in [-0.3, -0.25) is 18.7 Å². The number of benzene rings is 1. The zero-order valence-corrected chi connectivity index (χ0v) is 17.6. The molecule has 0 radical (unpaired) electrons. The number of aromatic nitrogens is 2. The van der Waals surface area contributed by atoms with E-state index < -0.39 is 17.2 Å². The first kappa shape index (κ1) is 20.5. The molecule has 3 aromatic heterocycles. The minimum Gasteiger partial charge on any atom is -0.497 e. The number of thiophene rings is 1. The summed E-state index contributed by atoms with van der Waals surface area (Å²) in [7, 11) is 3.02. The Morgan fingerprint density at radius 3 is 2.48 bits per heavy atom. The summed E-state index contributed by atoms with van der Waals surface area (Å²) in [4.78, 5) is 38.6. The summed E-state index contributed by atoms with van der Waals surface area (Å²) in [6.45, 7) is -0.294. The number of fused-ring (bicyclic) bond motifs is 1. The van der Waals surface area contributed by atoms with E-state index in [1.165, 1.54) is 36.4 Å². The Bertz CT molecular complexity index is 1330. The Labute approximate surface area is 180 Å². The lowest BCUT2D eigenvalue weighted by Crippen LogP contribution is -2.41. The molecule has 0 spiro atoms. The fraction of sp³-hybridized carbons (Fsp3) is 0.190. The van der Waals surface area contributed by atoms with Gasteiger partial charge in [0.15, 0.2) is 0 Å². The van der Waals surface area contributed by atoms with Gasteiger partial charge in [0.1, 0.15) is 28.5 Å². The molecule has 31 heavy (non-hydrogen) atoms. The second-order valence-electron chi connectivity index (χ2n) is 6.62. The quantitative estimate of drug-likeness (QED) is 0.473. The number of nitrogens with zero attached hydrogens (tertiary/aromatic N) is 2. The van der Waals surface area contributed by atoms with Crippen LogP contribution >= 0.6 is 11.3 Å². The number of hydrogen-bond donors (Lipinski definition) is 1. The van der Waals surface area contributed by atoms with Gasteiger partial charge in [-0.05, 0) is 23.6 Å². The van der Waals surface area contributed by atoms with E-state index in [4.69, 9.17) is 13.9 Å². The number of nitrogens with one attached hydrogen (secondary N) is 1. The molecule has 4 aromatic rings. The maximum atomic E-state index is 13.1. The second-order valence-corrected chi connectivity index (χ2v) is 7.54. The zero-order valence-electron chi connectivity index (χ0n) is 16.8. The summed E-state index contributed by atoms with van der Waals surface area (Å²) >= 11 is 1.22. The molecule has 0 aliphatic heterocycles. The van der Waals surface area contributed by atoms with E-state index >= 15 is 0 Å². The number of anilines is 1. The molecular formula is C21H19N3O6S. The lowest BCUT2D eigenvalue weighted by molar-refractivity contribution is -0.116. The van der Waals surface area contributed by atoms with E-state index in [9.17, 15) is 14.4 Å². The van der Waals surface area contributed by atoms with Gasteiger partial charge in [0.2, 0.25) is 5.91 Å². The standard InChI is InChI=1S/C21H19N3O6S/c1-28-15-8-13(9-16(10-15)29-2)22-18(25)12-23-17-5-7-31-19(17)20(26)24(21(23)27)11-14-4-3-6-30-14/h3-10H,11-12H2,1-2H3,(H,22,25). The highest BCUT2D eigenvalue weighted by atomic mass is 32.1. The monoisotopic (exact) mass is 441 g/mol. The number of ether oxygens (including phenoxy) is 2. The second kappa shape index (κ2) is 8.52. The van der Waals surface area contributed by atoms with Gasteiger partial charge in [0.25, 0.3) is 5.56 Å². The van der Waals surface area contributed by atoms with Crippen molar-refractivity contribution in [2.24, 2.45) is 0 Å². The molecule has 0 saturated heterocycles. The number of rotatable bonds is 7. The molecule has 3 heterocycles. The van der Waals surface area contributed by atoms with E-state index in [0.717, 1.165) is 4.57 Å². The number of methoxy groups -OCH3 is 2. The number of hydrogen-bond acceptors (Lipinski definition) is 7. The number of carbonyl (C=O) groups excluding carboxylic acids is 1. The maximum absolute atomic E-state index is 13.1. The highest BCUT2D eigenvalue weighted by Crippen LogP contribution is 2.25. The van der Waals surface area contributed by atoms with E-state index in [1.807, 2.05) is 0 Å². The van der Waals surface area contributed by atoms with Crippen LogP contribution in [-0.2, 0) is 17.9 Å². The van der Waals surface area contributed by atoms with Crippen molar-refractivity contribution >= 4 is 33.1 Å². The molecule has 0 fully saturated rings. The van der Waals surface area contributed by atoms with Gasteiger partial charge in [-0.15, -0.1) is 11.3 Å². The van der Waals surface area contributed by atoms with E-state index in [-0.39, 0.29) is 13.1 Å². The minimum atomic E-state index is -0.592. The van der Waals surface area contributed by atoms with Gasteiger partial charge in [-0.2, -0.15) is 0 Å². The van der Waals surface area contributed by atoms with Crippen LogP contribution in [0.5, 0.6) is 11.5 Å². The number of furan rings is 1. The predicted molar refractivity (Wildman–Crippen MR) is 116 cm³/mol. The molecule has 1 amide bonds. The highest BCUT2D eigenvalue weighted by molar-refractivity contribution is 7.17.